The van der Waals surface area contributed by atoms with Gasteiger partial charge in [0.15, 0.2) is 6.61 Å². The van der Waals surface area contributed by atoms with Crippen molar-refractivity contribution in [3.63, 3.8) is 0 Å². The fourth-order valence-electron chi connectivity index (χ4n) is 2.29. The lowest BCUT2D eigenvalue weighted by Crippen LogP contribution is -2.53. The molecule has 4 N–H and O–H groups in total. The van der Waals surface area contributed by atoms with E-state index in [4.69, 9.17) is 22.1 Å². The van der Waals surface area contributed by atoms with Crippen LogP contribution in [0.3, 0.4) is 0 Å². The predicted octanol–water partition coefficient (Wildman–Crippen LogP) is 1.03. The number of primary amides is 1. The number of rotatable bonds is 4. The molecule has 0 unspecified atom stereocenters. The Morgan fingerprint density at radius 2 is 2.32 bits per heavy atom. The number of benzene rings is 1. The summed E-state index contributed by atoms with van der Waals surface area (Å²) in [6.07, 6.45) is 0. The Morgan fingerprint density at radius 1 is 1.55 bits per heavy atom. The molecule has 1 aromatic carbocycles. The monoisotopic (exact) mass is 326 g/mol. The number of nitrogens with two attached hydrogens (primary N) is 1. The molecule has 1 fully saturated rings. The largest absolute Gasteiger partial charge is 0.482 e. The van der Waals surface area contributed by atoms with Crippen LogP contribution in [0.1, 0.15) is 6.92 Å². The van der Waals surface area contributed by atoms with Crippen molar-refractivity contribution in [3.05, 3.63) is 23.2 Å². The molecule has 7 nitrogen and oxygen atoms in total. The molecule has 120 valence electrons. The molecule has 0 radical (unpaired) electrons. The third kappa shape index (κ3) is 4.25. The highest BCUT2D eigenvalue weighted by Gasteiger charge is 2.23. The van der Waals surface area contributed by atoms with Gasteiger partial charge >= 0.3 is 6.03 Å². The van der Waals surface area contributed by atoms with Gasteiger partial charge in [-0.1, -0.05) is 11.6 Å². The minimum atomic E-state index is -0.728. The van der Waals surface area contributed by atoms with E-state index in [9.17, 15) is 9.59 Å². The first kappa shape index (κ1) is 16.4. The quantitative estimate of drug-likeness (QED) is 0.770. The van der Waals surface area contributed by atoms with Crippen LogP contribution in [0.4, 0.5) is 10.5 Å². The average molecular weight is 327 g/mol. The number of piperazine rings is 1. The molecule has 3 amide bonds. The van der Waals surface area contributed by atoms with Crippen LogP contribution in [0.5, 0.6) is 5.75 Å². The van der Waals surface area contributed by atoms with Gasteiger partial charge < -0.3 is 26.0 Å². The van der Waals surface area contributed by atoms with Crippen molar-refractivity contribution < 1.29 is 14.3 Å². The number of anilines is 1. The van der Waals surface area contributed by atoms with Gasteiger partial charge in [0, 0.05) is 30.7 Å². The molecule has 1 aliphatic heterocycles. The number of hydrogen-bond donors (Lipinski definition) is 3. The molecule has 1 saturated heterocycles. The zero-order valence-electron chi connectivity index (χ0n) is 12.3. The first-order valence-electron chi connectivity index (χ1n) is 6.96. The number of ether oxygens (including phenoxy) is 1. The summed E-state index contributed by atoms with van der Waals surface area (Å²) >= 11 is 5.87. The Morgan fingerprint density at radius 3 is 3.00 bits per heavy atom. The molecule has 0 spiro atoms. The summed E-state index contributed by atoms with van der Waals surface area (Å²) in [4.78, 5) is 25.0. The zero-order chi connectivity index (χ0) is 16.1. The maximum atomic E-state index is 12.2. The highest BCUT2D eigenvalue weighted by molar-refractivity contribution is 6.31. The number of nitrogens with one attached hydrogen (secondary N) is 2. The number of carbonyl (C=O) groups is 2. The summed E-state index contributed by atoms with van der Waals surface area (Å²) in [5, 5.41) is 6.07. The van der Waals surface area contributed by atoms with E-state index in [0.717, 1.165) is 13.1 Å². The molecule has 1 atom stereocenters. The van der Waals surface area contributed by atoms with Gasteiger partial charge in [0.2, 0.25) is 0 Å². The molecular formula is C14H19ClN4O3. The lowest BCUT2D eigenvalue weighted by molar-refractivity contribution is -0.136. The van der Waals surface area contributed by atoms with Gasteiger partial charge in [-0.15, -0.1) is 0 Å². The first-order valence-corrected chi connectivity index (χ1v) is 7.34. The van der Waals surface area contributed by atoms with Crippen molar-refractivity contribution >= 4 is 29.2 Å². The standard InChI is InChI=1S/C14H19ClN4O3/c1-9-7-17-4-5-19(9)13(20)8-22-12-3-2-10(15)6-11(12)18-14(16)21/h2-3,6,9,17H,4-5,7-8H2,1H3,(H3,16,18,21)/t9-/m0/s1. The fraction of sp³-hybridized carbons (Fsp3) is 0.429. The molecule has 22 heavy (non-hydrogen) atoms. The van der Waals surface area contributed by atoms with Crippen LogP contribution in [0.15, 0.2) is 18.2 Å². The van der Waals surface area contributed by atoms with E-state index in [-0.39, 0.29) is 18.6 Å². The topological polar surface area (TPSA) is 96.7 Å². The second-order valence-corrected chi connectivity index (χ2v) is 5.50. The number of amides is 3. The summed E-state index contributed by atoms with van der Waals surface area (Å²) in [7, 11) is 0. The molecule has 8 heteroatoms. The van der Waals surface area contributed by atoms with Crippen molar-refractivity contribution in [1.29, 1.82) is 0 Å². The summed E-state index contributed by atoms with van der Waals surface area (Å²) < 4.78 is 5.52. The average Bonchev–Trinajstić information content (AvgIpc) is 2.46. The van der Waals surface area contributed by atoms with Crippen LogP contribution in [0.25, 0.3) is 0 Å². The number of carbonyl (C=O) groups excluding carboxylic acids is 2. The Balaban J connectivity index is 2.01. The third-order valence-electron chi connectivity index (χ3n) is 3.37. The van der Waals surface area contributed by atoms with Crippen molar-refractivity contribution in [2.24, 2.45) is 5.73 Å². The van der Waals surface area contributed by atoms with Crippen LogP contribution in [0, 0.1) is 0 Å². The molecule has 0 bridgehead atoms. The molecule has 0 aromatic heterocycles. The van der Waals surface area contributed by atoms with Crippen molar-refractivity contribution in [3.8, 4) is 5.75 Å². The van der Waals surface area contributed by atoms with Gasteiger partial charge in [0.1, 0.15) is 5.75 Å². The minimum Gasteiger partial charge on any atom is -0.482 e. The Labute approximate surface area is 133 Å². The molecule has 1 heterocycles. The first-order chi connectivity index (χ1) is 10.5. The van der Waals surface area contributed by atoms with Gasteiger partial charge in [-0.25, -0.2) is 4.79 Å². The summed E-state index contributed by atoms with van der Waals surface area (Å²) in [5.41, 5.74) is 5.44. The van der Waals surface area contributed by atoms with Crippen LogP contribution in [-0.2, 0) is 4.79 Å². The maximum Gasteiger partial charge on any atom is 0.316 e. The Kier molecular flexibility index (Phi) is 5.46. The van der Waals surface area contributed by atoms with Crippen molar-refractivity contribution in [1.82, 2.24) is 10.2 Å². The lowest BCUT2D eigenvalue weighted by atomic mass is 10.2. The molecule has 0 saturated carbocycles. The number of urea groups is 1. The SMILES string of the molecule is C[C@H]1CNCCN1C(=O)COc1ccc(Cl)cc1NC(N)=O. The molecule has 2 rings (SSSR count). The Bertz CT molecular complexity index is 567. The zero-order valence-corrected chi connectivity index (χ0v) is 13.0. The van der Waals surface area contributed by atoms with E-state index in [1.54, 1.807) is 17.0 Å². The van der Waals surface area contributed by atoms with Crippen LogP contribution in [0.2, 0.25) is 5.02 Å². The normalized spacial score (nSPS) is 17.9. The molecular weight excluding hydrogens is 308 g/mol. The van der Waals surface area contributed by atoms with E-state index in [1.807, 2.05) is 6.92 Å². The van der Waals surface area contributed by atoms with Crippen molar-refractivity contribution in [2.45, 2.75) is 13.0 Å². The van der Waals surface area contributed by atoms with E-state index < -0.39 is 6.03 Å². The van der Waals surface area contributed by atoms with Crippen molar-refractivity contribution in [2.75, 3.05) is 31.6 Å². The molecule has 1 aromatic rings. The number of halogens is 1. The van der Waals surface area contributed by atoms with Gasteiger partial charge in [-0.2, -0.15) is 0 Å². The van der Waals surface area contributed by atoms with E-state index in [0.29, 0.717) is 23.0 Å². The second kappa shape index (κ2) is 7.33. The third-order valence-corrected chi connectivity index (χ3v) is 3.61. The Hall–Kier alpha value is -1.99. The van der Waals surface area contributed by atoms with E-state index in [1.165, 1.54) is 6.07 Å². The van der Waals surface area contributed by atoms with Crippen LogP contribution < -0.4 is 21.1 Å². The summed E-state index contributed by atoms with van der Waals surface area (Å²) in [6.45, 7) is 4.05. The molecule has 1 aliphatic rings. The second-order valence-electron chi connectivity index (χ2n) is 5.06. The highest BCUT2D eigenvalue weighted by atomic mass is 35.5. The smallest absolute Gasteiger partial charge is 0.316 e. The highest BCUT2D eigenvalue weighted by Crippen LogP contribution is 2.28. The fourth-order valence-corrected chi connectivity index (χ4v) is 2.46. The van der Waals surface area contributed by atoms with E-state index >= 15 is 0 Å². The number of nitrogens with zero attached hydrogens (tertiary/aromatic N) is 1. The van der Waals surface area contributed by atoms with Gasteiger partial charge in [0.25, 0.3) is 5.91 Å². The lowest BCUT2D eigenvalue weighted by Gasteiger charge is -2.33. The predicted molar refractivity (Wildman–Crippen MR) is 84.2 cm³/mol. The van der Waals surface area contributed by atoms with Gasteiger partial charge in [-0.3, -0.25) is 4.79 Å². The summed E-state index contributed by atoms with van der Waals surface area (Å²) in [5.74, 6) is 0.244. The maximum absolute atomic E-state index is 12.2. The number of hydrogen-bond acceptors (Lipinski definition) is 4. The summed E-state index contributed by atoms with van der Waals surface area (Å²) in [6, 6.07) is 4.11. The van der Waals surface area contributed by atoms with E-state index in [2.05, 4.69) is 10.6 Å². The van der Waals surface area contributed by atoms with Crippen LogP contribution in [-0.4, -0.2) is 49.1 Å². The minimum absolute atomic E-state index is 0.103. The van der Waals surface area contributed by atoms with Gasteiger partial charge in [-0.05, 0) is 25.1 Å². The molecule has 0 aliphatic carbocycles. The van der Waals surface area contributed by atoms with Gasteiger partial charge in [0.05, 0.1) is 5.69 Å². The van der Waals surface area contributed by atoms with Crippen LogP contribution >= 0.6 is 11.6 Å².